The van der Waals surface area contributed by atoms with Crippen LogP contribution in [0.15, 0.2) is 10.7 Å². The van der Waals surface area contributed by atoms with Gasteiger partial charge >= 0.3 is 0 Å². The highest BCUT2D eigenvalue weighted by Gasteiger charge is 2.30. The minimum Gasteiger partial charge on any atom is -0.360 e. The quantitative estimate of drug-likeness (QED) is 0.870. The number of halogens is 4. The first kappa shape index (κ1) is 12.6. The Labute approximate surface area is 99.4 Å². The zero-order valence-electron chi connectivity index (χ0n) is 8.06. The highest BCUT2D eigenvalue weighted by Crippen LogP contribution is 2.25. The minimum absolute atomic E-state index is 0.00678. The van der Waals surface area contributed by atoms with Crippen molar-refractivity contribution in [1.82, 2.24) is 9.97 Å². The summed E-state index contributed by atoms with van der Waals surface area (Å²) in [5.74, 6) is -2.58. The van der Waals surface area contributed by atoms with E-state index in [9.17, 15) is 8.78 Å². The number of anilines is 1. The molecule has 0 radical (unpaired) electrons. The van der Waals surface area contributed by atoms with Crippen LogP contribution in [-0.2, 0) is 0 Å². The maximum atomic E-state index is 12.9. The van der Waals surface area contributed by atoms with E-state index >= 15 is 0 Å². The molecule has 0 saturated heterocycles. The summed E-state index contributed by atoms with van der Waals surface area (Å²) in [7, 11) is 0. The maximum Gasteiger partial charge on any atom is 0.264 e. The summed E-state index contributed by atoms with van der Waals surface area (Å²) >= 11 is 8.68. The van der Waals surface area contributed by atoms with Crippen molar-refractivity contribution in [3.8, 4) is 0 Å². The monoisotopic (exact) mass is 299 g/mol. The Morgan fingerprint density at radius 2 is 2.20 bits per heavy atom. The van der Waals surface area contributed by atoms with Crippen LogP contribution >= 0.6 is 27.5 Å². The number of hydrogen-bond donors (Lipinski definition) is 1. The van der Waals surface area contributed by atoms with Crippen LogP contribution in [0.25, 0.3) is 0 Å². The second-order valence-corrected chi connectivity index (χ2v) is 4.35. The molecule has 0 aromatic carbocycles. The molecule has 0 saturated carbocycles. The molecule has 15 heavy (non-hydrogen) atoms. The summed E-state index contributed by atoms with van der Waals surface area (Å²) in [5.41, 5.74) is 0. The van der Waals surface area contributed by atoms with Crippen LogP contribution in [0.1, 0.15) is 13.8 Å². The molecule has 1 aromatic heterocycles. The average molecular weight is 301 g/mol. The molecule has 7 heteroatoms. The Hall–Kier alpha value is -0.490. The molecule has 1 N–H and O–H groups in total. The lowest BCUT2D eigenvalue weighted by Gasteiger charge is -2.21. The van der Waals surface area contributed by atoms with Crippen molar-refractivity contribution >= 4 is 33.3 Å². The zero-order valence-corrected chi connectivity index (χ0v) is 10.4. The Kier molecular flexibility index (Phi) is 3.83. The van der Waals surface area contributed by atoms with E-state index in [0.717, 1.165) is 6.92 Å². The Morgan fingerprint density at radius 1 is 1.60 bits per heavy atom. The first-order chi connectivity index (χ1) is 6.80. The lowest BCUT2D eigenvalue weighted by molar-refractivity contribution is 0.00686. The predicted molar refractivity (Wildman–Crippen MR) is 58.4 cm³/mol. The third kappa shape index (κ3) is 3.53. The van der Waals surface area contributed by atoms with E-state index in [4.69, 9.17) is 11.6 Å². The van der Waals surface area contributed by atoms with Gasteiger partial charge in [0.05, 0.1) is 10.5 Å². The molecule has 1 rings (SSSR count). The summed E-state index contributed by atoms with van der Waals surface area (Å²) in [5, 5.41) is 2.57. The van der Waals surface area contributed by atoms with Crippen molar-refractivity contribution < 1.29 is 8.78 Å². The molecule has 1 atom stereocenters. The van der Waals surface area contributed by atoms with Gasteiger partial charge in [-0.25, -0.2) is 13.8 Å². The van der Waals surface area contributed by atoms with E-state index < -0.39 is 12.0 Å². The standard InChI is InChI=1S/C8H9BrClF2N3/c1-4(8(2,11)12)14-6-5(9)3-13-7(10)15-6/h3-4H,1-2H3,(H,13,14,15). The van der Waals surface area contributed by atoms with Crippen LogP contribution in [0.4, 0.5) is 14.6 Å². The number of rotatable bonds is 3. The first-order valence-corrected chi connectivity index (χ1v) is 5.30. The van der Waals surface area contributed by atoms with Crippen molar-refractivity contribution in [2.75, 3.05) is 5.32 Å². The van der Waals surface area contributed by atoms with Crippen molar-refractivity contribution in [3.05, 3.63) is 16.0 Å². The number of nitrogens with zero attached hydrogens (tertiary/aromatic N) is 2. The summed E-state index contributed by atoms with van der Waals surface area (Å²) in [6, 6.07) is -1.04. The smallest absolute Gasteiger partial charge is 0.264 e. The van der Waals surface area contributed by atoms with E-state index in [-0.39, 0.29) is 11.1 Å². The topological polar surface area (TPSA) is 37.8 Å². The van der Waals surface area contributed by atoms with Gasteiger partial charge in [0.2, 0.25) is 5.28 Å². The maximum absolute atomic E-state index is 12.9. The fourth-order valence-electron chi connectivity index (χ4n) is 0.779. The lowest BCUT2D eigenvalue weighted by atomic mass is 10.2. The van der Waals surface area contributed by atoms with Crippen LogP contribution in [0.3, 0.4) is 0 Å². The number of aromatic nitrogens is 2. The molecular weight excluding hydrogens is 291 g/mol. The minimum atomic E-state index is -2.84. The van der Waals surface area contributed by atoms with Crippen LogP contribution in [-0.4, -0.2) is 21.9 Å². The highest BCUT2D eigenvalue weighted by atomic mass is 79.9. The Morgan fingerprint density at radius 3 is 2.73 bits per heavy atom. The summed E-state index contributed by atoms with van der Waals surface area (Å²) in [6.07, 6.45) is 1.40. The second kappa shape index (κ2) is 4.57. The average Bonchev–Trinajstić information content (AvgIpc) is 2.09. The molecule has 1 aromatic rings. The predicted octanol–water partition coefficient (Wildman–Crippen LogP) is 3.35. The van der Waals surface area contributed by atoms with Gasteiger partial charge in [0.1, 0.15) is 5.82 Å². The summed E-state index contributed by atoms with van der Waals surface area (Å²) in [6.45, 7) is 2.20. The van der Waals surface area contributed by atoms with Crippen molar-refractivity contribution in [2.24, 2.45) is 0 Å². The van der Waals surface area contributed by atoms with Gasteiger partial charge in [-0.05, 0) is 34.5 Å². The molecule has 1 heterocycles. The van der Waals surface area contributed by atoms with Crippen molar-refractivity contribution in [3.63, 3.8) is 0 Å². The molecule has 3 nitrogen and oxygen atoms in total. The normalized spacial score (nSPS) is 13.7. The summed E-state index contributed by atoms with van der Waals surface area (Å²) < 4.78 is 26.2. The Balaban J connectivity index is 2.85. The van der Waals surface area contributed by atoms with E-state index in [1.54, 1.807) is 0 Å². The third-order valence-electron chi connectivity index (χ3n) is 1.83. The summed E-state index contributed by atoms with van der Waals surface area (Å²) in [4.78, 5) is 7.48. The molecule has 0 aliphatic rings. The molecule has 1 unspecified atom stereocenters. The largest absolute Gasteiger partial charge is 0.360 e. The van der Waals surface area contributed by atoms with Crippen molar-refractivity contribution in [2.45, 2.75) is 25.8 Å². The van der Waals surface area contributed by atoms with Gasteiger partial charge in [0, 0.05) is 13.1 Å². The second-order valence-electron chi connectivity index (χ2n) is 3.16. The molecule has 0 amide bonds. The SMILES string of the molecule is CC(Nc1nc(Cl)ncc1Br)C(C)(F)F. The molecule has 0 aliphatic heterocycles. The van der Waals surface area contributed by atoms with Gasteiger partial charge in [0.25, 0.3) is 5.92 Å². The number of nitrogens with one attached hydrogen (secondary N) is 1. The fourth-order valence-corrected chi connectivity index (χ4v) is 1.22. The molecule has 0 aliphatic carbocycles. The molecule has 0 spiro atoms. The molecule has 0 fully saturated rings. The number of alkyl halides is 2. The highest BCUT2D eigenvalue weighted by molar-refractivity contribution is 9.10. The van der Waals surface area contributed by atoms with E-state index in [0.29, 0.717) is 4.47 Å². The van der Waals surface area contributed by atoms with Crippen LogP contribution in [0, 0.1) is 0 Å². The van der Waals surface area contributed by atoms with Crippen LogP contribution in [0.2, 0.25) is 5.28 Å². The van der Waals surface area contributed by atoms with E-state index in [1.165, 1.54) is 13.1 Å². The van der Waals surface area contributed by atoms with Crippen LogP contribution in [0.5, 0.6) is 0 Å². The van der Waals surface area contributed by atoms with Crippen LogP contribution < -0.4 is 5.32 Å². The molecular formula is C8H9BrClF2N3. The molecule has 0 bridgehead atoms. The molecule has 84 valence electrons. The Bertz CT molecular complexity index is 356. The van der Waals surface area contributed by atoms with Gasteiger partial charge in [-0.1, -0.05) is 0 Å². The first-order valence-electron chi connectivity index (χ1n) is 4.13. The van der Waals surface area contributed by atoms with Crippen molar-refractivity contribution in [1.29, 1.82) is 0 Å². The van der Waals surface area contributed by atoms with E-state index in [1.807, 2.05) is 0 Å². The fraction of sp³-hybridized carbons (Fsp3) is 0.500. The third-order valence-corrected chi connectivity index (χ3v) is 2.59. The van der Waals surface area contributed by atoms with Gasteiger partial charge < -0.3 is 5.32 Å². The zero-order chi connectivity index (χ0) is 11.6. The lowest BCUT2D eigenvalue weighted by Crippen LogP contribution is -2.34. The van der Waals surface area contributed by atoms with Gasteiger partial charge in [-0.15, -0.1) is 0 Å². The van der Waals surface area contributed by atoms with Gasteiger partial charge in [0.15, 0.2) is 0 Å². The number of hydrogen-bond acceptors (Lipinski definition) is 3. The van der Waals surface area contributed by atoms with Gasteiger partial charge in [-0.2, -0.15) is 4.98 Å². The van der Waals surface area contributed by atoms with Gasteiger partial charge in [-0.3, -0.25) is 0 Å². The van der Waals surface area contributed by atoms with E-state index in [2.05, 4.69) is 31.2 Å².